The van der Waals surface area contributed by atoms with Crippen molar-refractivity contribution in [1.82, 2.24) is 29.7 Å². The van der Waals surface area contributed by atoms with E-state index in [0.29, 0.717) is 43.2 Å². The van der Waals surface area contributed by atoms with Gasteiger partial charge in [0.2, 0.25) is 11.8 Å². The first-order valence-corrected chi connectivity index (χ1v) is 7.95. The van der Waals surface area contributed by atoms with Gasteiger partial charge >= 0.3 is 0 Å². The number of rotatable bonds is 3. The van der Waals surface area contributed by atoms with E-state index < -0.39 is 0 Å². The molecule has 24 heavy (non-hydrogen) atoms. The molecule has 3 rings (SSSR count). The zero-order valence-electron chi connectivity index (χ0n) is 13.9. The summed E-state index contributed by atoms with van der Waals surface area (Å²) in [5.74, 6) is 0.726. The minimum absolute atomic E-state index is 0.0224. The second-order valence-corrected chi connectivity index (χ2v) is 5.89. The molecule has 0 radical (unpaired) electrons. The Bertz CT molecular complexity index is 744. The van der Waals surface area contributed by atoms with Gasteiger partial charge in [0.25, 0.3) is 0 Å². The number of amides is 2. The van der Waals surface area contributed by atoms with Gasteiger partial charge < -0.3 is 19.7 Å². The van der Waals surface area contributed by atoms with Crippen LogP contribution in [0.1, 0.15) is 13.3 Å². The predicted molar refractivity (Wildman–Crippen MR) is 88.4 cm³/mol. The summed E-state index contributed by atoms with van der Waals surface area (Å²) in [4.78, 5) is 44.9. The molecule has 2 amide bonds. The summed E-state index contributed by atoms with van der Waals surface area (Å²) in [5, 5.41) is 0. The Kier molecular flexibility index (Phi) is 4.59. The quantitative estimate of drug-likeness (QED) is 0.841. The smallest absolute Gasteiger partial charge is 0.242 e. The molecular weight excluding hydrogens is 310 g/mol. The molecule has 3 heterocycles. The Morgan fingerprint density at radius 1 is 1.17 bits per heavy atom. The second kappa shape index (κ2) is 6.81. The van der Waals surface area contributed by atoms with Gasteiger partial charge in [-0.15, -0.1) is 0 Å². The van der Waals surface area contributed by atoms with Crippen molar-refractivity contribution < 1.29 is 9.59 Å². The van der Waals surface area contributed by atoms with Gasteiger partial charge in [-0.2, -0.15) is 0 Å². The summed E-state index contributed by atoms with van der Waals surface area (Å²) in [7, 11) is 1.82. The molecule has 128 valence electrons. The molecule has 0 aliphatic carbocycles. The average Bonchev–Trinajstić information content (AvgIpc) is 2.89. The Balaban J connectivity index is 1.66. The molecule has 1 aliphatic rings. The van der Waals surface area contributed by atoms with Crippen LogP contribution in [0, 0.1) is 0 Å². The Hall–Kier alpha value is -2.71. The standard InChI is InChI=1S/C15H21N7O2/c1-11(23)21-4-3-5-22(7-6-21)12(24)8-20(2)15-13-14(17-9-16-13)18-10-19-15/h9-10H,3-8H2,1-2H3,(H,16,17,18,19). The molecular formula is C15H21N7O2. The highest BCUT2D eigenvalue weighted by atomic mass is 16.2. The molecule has 0 unspecified atom stereocenters. The fraction of sp³-hybridized carbons (Fsp3) is 0.533. The van der Waals surface area contributed by atoms with Gasteiger partial charge in [-0.25, -0.2) is 15.0 Å². The highest BCUT2D eigenvalue weighted by Crippen LogP contribution is 2.18. The topological polar surface area (TPSA) is 98.3 Å². The van der Waals surface area contributed by atoms with Crippen LogP contribution >= 0.6 is 0 Å². The van der Waals surface area contributed by atoms with Crippen molar-refractivity contribution in [1.29, 1.82) is 0 Å². The monoisotopic (exact) mass is 331 g/mol. The van der Waals surface area contributed by atoms with Crippen LogP contribution < -0.4 is 4.90 Å². The van der Waals surface area contributed by atoms with E-state index >= 15 is 0 Å². The molecule has 0 bridgehead atoms. The number of carbonyl (C=O) groups excluding carboxylic acids is 2. The van der Waals surface area contributed by atoms with Crippen molar-refractivity contribution in [3.8, 4) is 0 Å². The third-order valence-electron chi connectivity index (χ3n) is 4.23. The largest absolute Gasteiger partial charge is 0.348 e. The molecule has 0 saturated carbocycles. The van der Waals surface area contributed by atoms with Crippen molar-refractivity contribution in [3.63, 3.8) is 0 Å². The number of hydrogen-bond donors (Lipinski definition) is 1. The molecule has 1 fully saturated rings. The average molecular weight is 331 g/mol. The van der Waals surface area contributed by atoms with Crippen LogP contribution in [0.15, 0.2) is 12.7 Å². The van der Waals surface area contributed by atoms with Crippen molar-refractivity contribution in [2.75, 3.05) is 44.7 Å². The first-order valence-electron chi connectivity index (χ1n) is 7.95. The van der Waals surface area contributed by atoms with E-state index in [1.54, 1.807) is 23.1 Å². The maximum absolute atomic E-state index is 12.6. The minimum Gasteiger partial charge on any atom is -0.348 e. The number of aromatic nitrogens is 4. The fourth-order valence-corrected chi connectivity index (χ4v) is 2.90. The number of carbonyl (C=O) groups is 2. The van der Waals surface area contributed by atoms with Crippen LogP contribution in [0.4, 0.5) is 5.82 Å². The van der Waals surface area contributed by atoms with E-state index in [0.717, 1.165) is 6.42 Å². The second-order valence-electron chi connectivity index (χ2n) is 5.89. The van der Waals surface area contributed by atoms with Crippen molar-refractivity contribution >= 4 is 28.8 Å². The molecule has 0 aromatic carbocycles. The number of likely N-dealkylation sites (N-methyl/N-ethyl adjacent to an activating group) is 1. The molecule has 1 N–H and O–H groups in total. The van der Waals surface area contributed by atoms with E-state index in [-0.39, 0.29) is 18.4 Å². The van der Waals surface area contributed by atoms with Gasteiger partial charge in [0, 0.05) is 40.2 Å². The molecule has 2 aromatic heterocycles. The lowest BCUT2D eigenvalue weighted by Crippen LogP contribution is -2.41. The van der Waals surface area contributed by atoms with Crippen molar-refractivity contribution in [2.24, 2.45) is 0 Å². The zero-order valence-corrected chi connectivity index (χ0v) is 13.9. The van der Waals surface area contributed by atoms with Gasteiger partial charge in [-0.3, -0.25) is 9.59 Å². The molecule has 0 spiro atoms. The summed E-state index contributed by atoms with van der Waals surface area (Å²) >= 11 is 0. The normalized spacial score (nSPS) is 15.4. The predicted octanol–water partition coefficient (Wildman–Crippen LogP) is -0.130. The van der Waals surface area contributed by atoms with E-state index in [9.17, 15) is 9.59 Å². The summed E-state index contributed by atoms with van der Waals surface area (Å²) < 4.78 is 0. The van der Waals surface area contributed by atoms with Gasteiger partial charge in [-0.1, -0.05) is 0 Å². The minimum atomic E-state index is 0.0224. The lowest BCUT2D eigenvalue weighted by molar-refractivity contribution is -0.131. The van der Waals surface area contributed by atoms with Crippen LogP contribution in [-0.4, -0.2) is 81.3 Å². The summed E-state index contributed by atoms with van der Waals surface area (Å²) in [6.07, 6.45) is 3.80. The number of H-pyrrole nitrogens is 1. The van der Waals surface area contributed by atoms with Crippen molar-refractivity contribution in [2.45, 2.75) is 13.3 Å². The summed E-state index contributed by atoms with van der Waals surface area (Å²) in [6.45, 7) is 4.30. The maximum Gasteiger partial charge on any atom is 0.242 e. The number of imidazole rings is 1. The third kappa shape index (κ3) is 3.29. The lowest BCUT2D eigenvalue weighted by atomic mass is 10.3. The SMILES string of the molecule is CC(=O)N1CCCN(C(=O)CN(C)c2ncnc3nc[nH]c23)CC1. The van der Waals surface area contributed by atoms with E-state index in [1.165, 1.54) is 6.33 Å². The summed E-state index contributed by atoms with van der Waals surface area (Å²) in [6, 6.07) is 0. The highest BCUT2D eigenvalue weighted by molar-refractivity contribution is 5.87. The first-order chi connectivity index (χ1) is 11.6. The third-order valence-corrected chi connectivity index (χ3v) is 4.23. The molecule has 9 heteroatoms. The zero-order chi connectivity index (χ0) is 17.1. The lowest BCUT2D eigenvalue weighted by Gasteiger charge is -2.25. The van der Waals surface area contributed by atoms with Gasteiger partial charge in [0.1, 0.15) is 11.8 Å². The van der Waals surface area contributed by atoms with Gasteiger partial charge in [-0.05, 0) is 6.42 Å². The summed E-state index contributed by atoms with van der Waals surface area (Å²) in [5.41, 5.74) is 1.29. The van der Waals surface area contributed by atoms with E-state index in [2.05, 4.69) is 19.9 Å². The van der Waals surface area contributed by atoms with Crippen LogP contribution in [0.5, 0.6) is 0 Å². The van der Waals surface area contributed by atoms with Gasteiger partial charge in [0.05, 0.1) is 12.9 Å². The maximum atomic E-state index is 12.6. The van der Waals surface area contributed by atoms with Gasteiger partial charge in [0.15, 0.2) is 11.5 Å². The van der Waals surface area contributed by atoms with Crippen LogP contribution in [0.2, 0.25) is 0 Å². The number of anilines is 1. The Morgan fingerprint density at radius 2 is 1.92 bits per heavy atom. The molecule has 2 aromatic rings. The highest BCUT2D eigenvalue weighted by Gasteiger charge is 2.22. The van der Waals surface area contributed by atoms with Crippen LogP contribution in [0.25, 0.3) is 11.2 Å². The van der Waals surface area contributed by atoms with E-state index in [1.807, 2.05) is 11.9 Å². The number of hydrogen-bond acceptors (Lipinski definition) is 6. The Labute approximate surface area is 139 Å². The number of nitrogens with zero attached hydrogens (tertiary/aromatic N) is 6. The number of fused-ring (bicyclic) bond motifs is 1. The van der Waals surface area contributed by atoms with Crippen molar-refractivity contribution in [3.05, 3.63) is 12.7 Å². The molecule has 1 saturated heterocycles. The van der Waals surface area contributed by atoms with Crippen LogP contribution in [-0.2, 0) is 9.59 Å². The van der Waals surface area contributed by atoms with Crippen LogP contribution in [0.3, 0.4) is 0 Å². The Morgan fingerprint density at radius 3 is 2.71 bits per heavy atom. The number of nitrogens with one attached hydrogen (secondary N) is 1. The molecule has 9 nitrogen and oxygen atoms in total. The fourth-order valence-electron chi connectivity index (χ4n) is 2.90. The number of aromatic amines is 1. The molecule has 1 aliphatic heterocycles. The molecule has 0 atom stereocenters. The van der Waals surface area contributed by atoms with E-state index in [4.69, 9.17) is 0 Å². The first kappa shape index (κ1) is 16.2.